The normalized spacial score (nSPS) is 18.1. The van der Waals surface area contributed by atoms with Crippen LogP contribution in [0.2, 0.25) is 0 Å². The molecule has 146 valence electrons. The van der Waals surface area contributed by atoms with Crippen molar-refractivity contribution in [2.24, 2.45) is 12.0 Å². The van der Waals surface area contributed by atoms with Gasteiger partial charge in [-0.3, -0.25) is 9.67 Å². The third-order valence-corrected chi connectivity index (χ3v) is 6.69. The molecule has 0 saturated carbocycles. The molecule has 8 heteroatoms. The molecule has 0 spiro atoms. The number of rotatable bonds is 6. The number of aryl methyl sites for hydroxylation is 1. The van der Waals surface area contributed by atoms with Gasteiger partial charge in [0.15, 0.2) is 15.8 Å². The second kappa shape index (κ2) is 8.56. The molecule has 1 atom stereocenters. The van der Waals surface area contributed by atoms with Gasteiger partial charge in [-0.1, -0.05) is 18.2 Å². The molecule has 1 N–H and O–H groups in total. The van der Waals surface area contributed by atoms with Crippen LogP contribution in [-0.2, 0) is 16.9 Å². The highest BCUT2D eigenvalue weighted by molar-refractivity contribution is 7.91. The number of benzene rings is 1. The van der Waals surface area contributed by atoms with Crippen molar-refractivity contribution in [1.82, 2.24) is 20.0 Å². The van der Waals surface area contributed by atoms with Gasteiger partial charge in [0.25, 0.3) is 0 Å². The maximum Gasteiger partial charge on any atom is 0.193 e. The second-order valence-corrected chi connectivity index (χ2v) is 8.95. The van der Waals surface area contributed by atoms with Crippen LogP contribution in [0, 0.1) is 0 Å². The van der Waals surface area contributed by atoms with Gasteiger partial charge in [0.1, 0.15) is 0 Å². The number of nitrogens with one attached hydrogen (secondary N) is 1. The van der Waals surface area contributed by atoms with Gasteiger partial charge in [-0.25, -0.2) is 8.42 Å². The molecule has 27 heavy (non-hydrogen) atoms. The Morgan fingerprint density at radius 3 is 2.78 bits per heavy atom. The molecule has 1 aliphatic rings. The summed E-state index contributed by atoms with van der Waals surface area (Å²) in [4.78, 5) is 6.96. The number of aliphatic imine (C=N–C) groups is 1. The van der Waals surface area contributed by atoms with Crippen molar-refractivity contribution in [2.75, 3.05) is 32.4 Å². The lowest BCUT2D eigenvalue weighted by Gasteiger charge is -2.21. The van der Waals surface area contributed by atoms with Crippen LogP contribution in [0.1, 0.15) is 24.3 Å². The van der Waals surface area contributed by atoms with E-state index in [4.69, 9.17) is 0 Å². The highest BCUT2D eigenvalue weighted by Crippen LogP contribution is 2.26. The van der Waals surface area contributed by atoms with E-state index in [1.807, 2.05) is 24.0 Å². The molecule has 0 aliphatic carbocycles. The van der Waals surface area contributed by atoms with E-state index in [-0.39, 0.29) is 5.75 Å². The Hall–Kier alpha value is -2.35. The van der Waals surface area contributed by atoms with E-state index in [0.717, 1.165) is 25.5 Å². The van der Waals surface area contributed by atoms with Crippen molar-refractivity contribution < 1.29 is 8.42 Å². The van der Waals surface area contributed by atoms with Crippen molar-refractivity contribution in [3.05, 3.63) is 48.3 Å². The molecule has 1 saturated heterocycles. The van der Waals surface area contributed by atoms with Gasteiger partial charge in [0.05, 0.1) is 16.8 Å². The molecule has 1 aliphatic heterocycles. The molecular formula is C19H27N5O2S. The minimum atomic E-state index is -3.23. The van der Waals surface area contributed by atoms with Crippen LogP contribution in [-0.4, -0.2) is 61.5 Å². The third kappa shape index (κ3) is 4.88. The smallest absolute Gasteiger partial charge is 0.193 e. The van der Waals surface area contributed by atoms with Crippen LogP contribution in [0.3, 0.4) is 0 Å². The molecule has 3 rings (SSSR count). The van der Waals surface area contributed by atoms with E-state index in [1.165, 1.54) is 5.56 Å². The first kappa shape index (κ1) is 19.4. The molecule has 1 fully saturated rings. The summed E-state index contributed by atoms with van der Waals surface area (Å²) in [6, 6.07) is 8.60. The highest BCUT2D eigenvalue weighted by atomic mass is 32.2. The first-order valence-electron chi connectivity index (χ1n) is 9.21. The highest BCUT2D eigenvalue weighted by Gasteiger charge is 2.26. The molecule has 1 aromatic heterocycles. The molecule has 0 radical (unpaired) electrons. The molecular weight excluding hydrogens is 362 g/mol. The fourth-order valence-corrected chi connectivity index (χ4v) is 4.75. The summed E-state index contributed by atoms with van der Waals surface area (Å²) in [6.07, 6.45) is 5.60. The average molecular weight is 390 g/mol. The number of hydrogen-bond donors (Lipinski definition) is 1. The van der Waals surface area contributed by atoms with E-state index in [0.29, 0.717) is 23.8 Å². The standard InChI is InChI=1S/C19H27N5O2S/c1-20-19(24-11-9-16(15-24)17-13-22-23(2)14-17)21-10-6-12-27(25,26)18-7-4-3-5-8-18/h3-5,7-8,13-14,16H,6,9-12,15H2,1-2H3,(H,20,21). The summed E-state index contributed by atoms with van der Waals surface area (Å²) in [5.74, 6) is 1.41. The summed E-state index contributed by atoms with van der Waals surface area (Å²) in [7, 11) is 0.466. The minimum Gasteiger partial charge on any atom is -0.356 e. The molecule has 1 aromatic carbocycles. The number of likely N-dealkylation sites (tertiary alicyclic amines) is 1. The zero-order chi connectivity index (χ0) is 19.3. The molecule has 2 heterocycles. The summed E-state index contributed by atoms with van der Waals surface area (Å²) >= 11 is 0. The maximum atomic E-state index is 12.3. The van der Waals surface area contributed by atoms with Crippen LogP contribution in [0.5, 0.6) is 0 Å². The summed E-state index contributed by atoms with van der Waals surface area (Å²) < 4.78 is 26.5. The van der Waals surface area contributed by atoms with Gasteiger partial charge in [-0.2, -0.15) is 5.10 Å². The molecule has 0 amide bonds. The van der Waals surface area contributed by atoms with Gasteiger partial charge in [0.2, 0.25) is 0 Å². The van der Waals surface area contributed by atoms with E-state index in [9.17, 15) is 8.42 Å². The van der Waals surface area contributed by atoms with E-state index >= 15 is 0 Å². The molecule has 2 aromatic rings. The van der Waals surface area contributed by atoms with Crippen molar-refractivity contribution in [3.8, 4) is 0 Å². The predicted molar refractivity (Wildman–Crippen MR) is 107 cm³/mol. The lowest BCUT2D eigenvalue weighted by Crippen LogP contribution is -2.40. The summed E-state index contributed by atoms with van der Waals surface area (Å²) in [5.41, 5.74) is 1.25. The zero-order valence-corrected chi connectivity index (χ0v) is 16.7. The second-order valence-electron chi connectivity index (χ2n) is 6.84. The Kier molecular flexibility index (Phi) is 6.15. The first-order valence-corrected chi connectivity index (χ1v) is 10.9. The van der Waals surface area contributed by atoms with Crippen molar-refractivity contribution in [1.29, 1.82) is 0 Å². The van der Waals surface area contributed by atoms with Crippen LogP contribution < -0.4 is 5.32 Å². The average Bonchev–Trinajstić information content (AvgIpc) is 3.31. The van der Waals surface area contributed by atoms with Gasteiger partial charge in [-0.05, 0) is 30.5 Å². The Balaban J connectivity index is 1.47. The Morgan fingerprint density at radius 2 is 2.11 bits per heavy atom. The summed E-state index contributed by atoms with van der Waals surface area (Å²) in [6.45, 7) is 2.40. The number of aromatic nitrogens is 2. The van der Waals surface area contributed by atoms with Gasteiger partial charge in [0, 0.05) is 45.8 Å². The van der Waals surface area contributed by atoms with Gasteiger partial charge >= 0.3 is 0 Å². The molecule has 0 bridgehead atoms. The fourth-order valence-electron chi connectivity index (χ4n) is 3.42. The number of guanidine groups is 1. The third-order valence-electron chi connectivity index (χ3n) is 4.87. The number of hydrogen-bond acceptors (Lipinski definition) is 4. The topological polar surface area (TPSA) is 79.6 Å². The Bertz CT molecular complexity index is 877. The van der Waals surface area contributed by atoms with Crippen molar-refractivity contribution in [3.63, 3.8) is 0 Å². The predicted octanol–water partition coefficient (Wildman–Crippen LogP) is 1.65. The van der Waals surface area contributed by atoms with Gasteiger partial charge < -0.3 is 10.2 Å². The van der Waals surface area contributed by atoms with Gasteiger partial charge in [-0.15, -0.1) is 0 Å². The quantitative estimate of drug-likeness (QED) is 0.462. The maximum absolute atomic E-state index is 12.3. The largest absolute Gasteiger partial charge is 0.356 e. The SMILES string of the molecule is CN=C(NCCCS(=O)(=O)c1ccccc1)N1CCC(c2cnn(C)c2)C1. The number of sulfone groups is 1. The first-order chi connectivity index (χ1) is 13.0. The Labute approximate surface area is 161 Å². The zero-order valence-electron chi connectivity index (χ0n) is 15.9. The lowest BCUT2D eigenvalue weighted by molar-refractivity contribution is 0.485. The molecule has 7 nitrogen and oxygen atoms in total. The minimum absolute atomic E-state index is 0.124. The van der Waals surface area contributed by atoms with Crippen LogP contribution in [0.15, 0.2) is 52.6 Å². The van der Waals surface area contributed by atoms with Crippen LogP contribution in [0.25, 0.3) is 0 Å². The number of nitrogens with zero attached hydrogens (tertiary/aromatic N) is 4. The lowest BCUT2D eigenvalue weighted by atomic mass is 10.0. The van der Waals surface area contributed by atoms with E-state index in [2.05, 4.69) is 26.5 Å². The van der Waals surface area contributed by atoms with Crippen molar-refractivity contribution >= 4 is 15.8 Å². The van der Waals surface area contributed by atoms with E-state index in [1.54, 1.807) is 31.3 Å². The van der Waals surface area contributed by atoms with Crippen LogP contribution in [0.4, 0.5) is 0 Å². The summed E-state index contributed by atoms with van der Waals surface area (Å²) in [5, 5.41) is 7.56. The monoisotopic (exact) mass is 389 g/mol. The fraction of sp³-hybridized carbons (Fsp3) is 0.474. The van der Waals surface area contributed by atoms with E-state index < -0.39 is 9.84 Å². The van der Waals surface area contributed by atoms with Crippen LogP contribution >= 0.6 is 0 Å². The Morgan fingerprint density at radius 1 is 1.33 bits per heavy atom. The van der Waals surface area contributed by atoms with Crippen molar-refractivity contribution in [2.45, 2.75) is 23.7 Å². The molecule has 1 unspecified atom stereocenters.